The van der Waals surface area contributed by atoms with Crippen molar-refractivity contribution in [3.8, 4) is 11.1 Å². The molecule has 0 heterocycles. The van der Waals surface area contributed by atoms with Gasteiger partial charge in [0, 0.05) is 0 Å². The van der Waals surface area contributed by atoms with Gasteiger partial charge in [0.1, 0.15) is 0 Å². The Morgan fingerprint density at radius 3 is 2.00 bits per heavy atom. The van der Waals surface area contributed by atoms with Gasteiger partial charge in [0.05, 0.1) is 0 Å². The minimum absolute atomic E-state index is 0. The van der Waals surface area contributed by atoms with Crippen LogP contribution in [-0.4, -0.2) is 4.21 Å². The van der Waals surface area contributed by atoms with E-state index in [-0.39, 0.29) is 35.6 Å². The summed E-state index contributed by atoms with van der Waals surface area (Å²) in [5, 5.41) is 0. The molecule has 0 nitrogen and oxygen atoms in total. The van der Waals surface area contributed by atoms with Crippen molar-refractivity contribution in [2.24, 2.45) is 0 Å². The summed E-state index contributed by atoms with van der Waals surface area (Å²) in [5.41, 5.74) is 14.8. The van der Waals surface area contributed by atoms with E-state index in [1.165, 1.54) is 58.9 Å². The third-order valence-electron chi connectivity index (χ3n) is 11.6. The summed E-state index contributed by atoms with van der Waals surface area (Å²) >= 11 is -4.02. The maximum absolute atomic E-state index is 5.40. The molecule has 0 radical (unpaired) electrons. The second kappa shape index (κ2) is 10.5. The average molecular weight is 689 g/mol. The molecular weight excluding hydrogens is 643 g/mol. The molecule has 3 heteroatoms. The first-order valence-electron chi connectivity index (χ1n) is 15.5. The average Bonchev–Trinajstić information content (AvgIpc) is 3.61. The fourth-order valence-corrected chi connectivity index (χ4v) is 24.5. The molecule has 0 saturated heterocycles. The maximum atomic E-state index is 5.40. The van der Waals surface area contributed by atoms with Crippen LogP contribution in [0.5, 0.6) is 0 Å². The molecule has 3 aromatic rings. The zero-order chi connectivity index (χ0) is 29.0. The number of fused-ring (bicyclic) bond motifs is 5. The first kappa shape index (κ1) is 32.3. The van der Waals surface area contributed by atoms with Crippen molar-refractivity contribution in [1.29, 1.82) is 0 Å². The van der Waals surface area contributed by atoms with E-state index in [1.807, 2.05) is 0 Å². The first-order valence-corrected chi connectivity index (χ1v) is 23.6. The second-order valence-corrected chi connectivity index (χ2v) is 30.0. The molecule has 0 aromatic heterocycles. The molecular formula is C40H46Cl2Zr. The second-order valence-electron chi connectivity index (χ2n) is 15.1. The Labute approximate surface area is 272 Å². The molecule has 4 aliphatic carbocycles. The molecule has 0 N–H and O–H groups in total. The van der Waals surface area contributed by atoms with Gasteiger partial charge in [0.15, 0.2) is 0 Å². The van der Waals surface area contributed by atoms with Crippen LogP contribution in [-0.2, 0) is 35.5 Å². The van der Waals surface area contributed by atoms with Crippen LogP contribution in [0.3, 0.4) is 0 Å². The van der Waals surface area contributed by atoms with Gasteiger partial charge in [0.25, 0.3) is 0 Å². The van der Waals surface area contributed by atoms with Crippen molar-refractivity contribution in [2.45, 2.75) is 79.9 Å². The van der Waals surface area contributed by atoms with E-state index in [9.17, 15) is 0 Å². The molecule has 1 atom stereocenters. The molecule has 0 fully saturated rings. The molecule has 0 aliphatic heterocycles. The Bertz CT molecular complexity index is 1840. The number of allylic oxidation sites excluding steroid dienone is 8. The predicted molar refractivity (Wildman–Crippen MR) is 192 cm³/mol. The van der Waals surface area contributed by atoms with E-state index >= 15 is 0 Å². The first-order chi connectivity index (χ1) is 19.3. The van der Waals surface area contributed by atoms with E-state index < -0.39 is 18.3 Å². The molecule has 0 saturated carbocycles. The molecule has 0 amide bonds. The molecule has 0 bridgehead atoms. The van der Waals surface area contributed by atoms with E-state index in [0.717, 1.165) is 19.3 Å². The van der Waals surface area contributed by atoms with Gasteiger partial charge >= 0.3 is 250 Å². The summed E-state index contributed by atoms with van der Waals surface area (Å²) in [6, 6.07) is 21.6. The number of halogens is 2. The monoisotopic (exact) mass is 686 g/mol. The summed E-state index contributed by atoms with van der Waals surface area (Å²) < 4.78 is 11.5. The topological polar surface area (TPSA) is 0 Å². The number of rotatable bonds is 3. The quantitative estimate of drug-likeness (QED) is 0.201. The number of hydrogen-bond donors (Lipinski definition) is 0. The van der Waals surface area contributed by atoms with Gasteiger partial charge in [-0.3, -0.25) is 0 Å². The summed E-state index contributed by atoms with van der Waals surface area (Å²) in [6.07, 6.45) is 15.3. The summed E-state index contributed by atoms with van der Waals surface area (Å²) in [5.74, 6) is 0. The number of hydrogen-bond acceptors (Lipinski definition) is 0. The van der Waals surface area contributed by atoms with Crippen molar-refractivity contribution in [1.82, 2.24) is 0 Å². The fraction of sp³-hybridized carbons (Fsp3) is 0.325. The zero-order valence-corrected chi connectivity index (χ0v) is 30.9. The van der Waals surface area contributed by atoms with Crippen LogP contribution in [0, 0.1) is 0 Å². The van der Waals surface area contributed by atoms with Crippen molar-refractivity contribution in [3.05, 3.63) is 122 Å². The van der Waals surface area contributed by atoms with Gasteiger partial charge < -0.3 is 0 Å². The van der Waals surface area contributed by atoms with Crippen LogP contribution in [0.1, 0.15) is 87.8 Å². The SMILES string of the molecule is Cl.Cl.[CH2]=[Zr]([CH3])([C]1=CC=CC1)([c]1ccccc1)[CH]1C=C(C)c2cc3c(cc2C1(C)C)Cc1cc2c(cc1-3)C(C)=CCC2(C)C. The van der Waals surface area contributed by atoms with Gasteiger partial charge in [-0.2, -0.15) is 0 Å². The van der Waals surface area contributed by atoms with Crippen molar-refractivity contribution >= 4 is 43.4 Å². The van der Waals surface area contributed by atoms with E-state index in [0.29, 0.717) is 3.63 Å². The minimum atomic E-state index is -4.02. The normalized spacial score (nSPS) is 20.7. The summed E-state index contributed by atoms with van der Waals surface area (Å²) in [4.78, 5) is 0. The van der Waals surface area contributed by atoms with Crippen LogP contribution in [0.15, 0.2) is 88.3 Å². The molecule has 3 aromatic carbocycles. The van der Waals surface area contributed by atoms with Gasteiger partial charge in [-0.05, 0) is 0 Å². The van der Waals surface area contributed by atoms with Gasteiger partial charge in [0.2, 0.25) is 0 Å². The Balaban J connectivity index is 0.00000184. The van der Waals surface area contributed by atoms with Crippen LogP contribution < -0.4 is 3.27 Å². The molecule has 0 spiro atoms. The molecule has 43 heavy (non-hydrogen) atoms. The van der Waals surface area contributed by atoms with E-state index in [4.69, 9.17) is 4.21 Å². The Morgan fingerprint density at radius 1 is 0.791 bits per heavy atom. The Hall–Kier alpha value is -2.05. The molecule has 7 rings (SSSR count). The number of benzene rings is 3. The van der Waals surface area contributed by atoms with Gasteiger partial charge in [-0.25, -0.2) is 0 Å². The molecule has 4 aliphatic rings. The van der Waals surface area contributed by atoms with Crippen molar-refractivity contribution in [2.75, 3.05) is 0 Å². The third kappa shape index (κ3) is 4.51. The van der Waals surface area contributed by atoms with Crippen LogP contribution in [0.25, 0.3) is 22.3 Å². The molecule has 224 valence electrons. The Kier molecular flexibility index (Phi) is 7.91. The molecule has 1 unspecified atom stereocenters. The van der Waals surface area contributed by atoms with Crippen molar-refractivity contribution in [3.63, 3.8) is 0 Å². The van der Waals surface area contributed by atoms with Gasteiger partial charge in [-0.1, -0.05) is 0 Å². The van der Waals surface area contributed by atoms with Crippen LogP contribution in [0.2, 0.25) is 8.26 Å². The zero-order valence-electron chi connectivity index (χ0n) is 26.8. The van der Waals surface area contributed by atoms with Crippen molar-refractivity contribution < 1.29 is 18.3 Å². The standard InChI is InChI=1S/C27H29.C6H5.C5H5.CH3.CH2.2ClH.Zr/c1-16-7-9-26(3,4)24-12-18-11-19-13-25-21(17(2)8-10-27(25,5)6)15-23(19)22(18)14-20(16)24;1-2-4-6-5-3-1;1-2-4-5-3-1;;;;;/h7-9,12-15H,10-11H2,1-6H3;1-5H;1-3H,4H2;1H3;1H2;2*1H;. The predicted octanol–water partition coefficient (Wildman–Crippen LogP) is 11.0. The van der Waals surface area contributed by atoms with Gasteiger partial charge in [-0.15, -0.1) is 24.8 Å². The summed E-state index contributed by atoms with van der Waals surface area (Å²) in [7, 11) is 0. The fourth-order valence-electron chi connectivity index (χ4n) is 9.01. The third-order valence-corrected chi connectivity index (χ3v) is 28.0. The van der Waals surface area contributed by atoms with E-state index in [1.54, 1.807) is 3.28 Å². The summed E-state index contributed by atoms with van der Waals surface area (Å²) in [6.45, 7) is 14.5. The Morgan fingerprint density at radius 2 is 1.40 bits per heavy atom. The van der Waals surface area contributed by atoms with E-state index in [2.05, 4.69) is 131 Å². The van der Waals surface area contributed by atoms with Crippen LogP contribution >= 0.6 is 24.8 Å². The van der Waals surface area contributed by atoms with Crippen LogP contribution in [0.4, 0.5) is 0 Å².